The molecule has 4 heteroatoms. The molecule has 0 aliphatic heterocycles. The first-order valence-corrected chi connectivity index (χ1v) is 6.24. The van der Waals surface area contributed by atoms with E-state index in [0.717, 1.165) is 5.56 Å². The van der Waals surface area contributed by atoms with E-state index in [4.69, 9.17) is 5.26 Å². The zero-order valence-electron chi connectivity index (χ0n) is 10.2. The molecule has 0 bridgehead atoms. The molecule has 0 aliphatic carbocycles. The Bertz CT molecular complexity index is 438. The lowest BCUT2D eigenvalue weighted by Crippen LogP contribution is -2.30. The molecule has 0 amide bonds. The van der Waals surface area contributed by atoms with Crippen LogP contribution in [0.25, 0.3) is 0 Å². The number of nitriles is 1. The van der Waals surface area contributed by atoms with E-state index in [9.17, 15) is 4.39 Å². The zero-order valence-corrected chi connectivity index (χ0v) is 11.8. The largest absolute Gasteiger partial charge is 0.309 e. The fraction of sp³-hybridized carbons (Fsp3) is 0.462. The average Bonchev–Trinajstić information content (AvgIpc) is 2.30. The Balaban J connectivity index is 2.68. The van der Waals surface area contributed by atoms with Gasteiger partial charge in [-0.25, -0.2) is 4.39 Å². The highest BCUT2D eigenvalue weighted by Gasteiger charge is 2.18. The molecule has 1 atom stereocenters. The quantitative estimate of drug-likeness (QED) is 0.918. The van der Waals surface area contributed by atoms with E-state index in [0.29, 0.717) is 11.0 Å². The van der Waals surface area contributed by atoms with Gasteiger partial charge in [0.1, 0.15) is 5.82 Å². The molecule has 17 heavy (non-hydrogen) atoms. The van der Waals surface area contributed by atoms with Crippen molar-refractivity contribution in [2.45, 2.75) is 26.8 Å². The van der Waals surface area contributed by atoms with E-state index in [2.05, 4.69) is 27.3 Å². The molecule has 0 saturated heterocycles. The van der Waals surface area contributed by atoms with Crippen molar-refractivity contribution in [2.75, 3.05) is 6.54 Å². The number of nitrogens with one attached hydrogen (secondary N) is 1. The van der Waals surface area contributed by atoms with Crippen LogP contribution in [0.15, 0.2) is 22.7 Å². The van der Waals surface area contributed by atoms with Gasteiger partial charge in [-0.1, -0.05) is 6.07 Å². The van der Waals surface area contributed by atoms with Gasteiger partial charge in [0.2, 0.25) is 0 Å². The maximum absolute atomic E-state index is 13.1. The SMILES string of the molecule is CC(NCC(C)(C)C#N)c1ccc(F)c(Br)c1. The van der Waals surface area contributed by atoms with Crippen molar-refractivity contribution in [3.8, 4) is 6.07 Å². The molecule has 1 N–H and O–H groups in total. The van der Waals surface area contributed by atoms with Crippen LogP contribution in [0.5, 0.6) is 0 Å². The molecule has 1 rings (SSSR count). The fourth-order valence-electron chi connectivity index (χ4n) is 1.35. The van der Waals surface area contributed by atoms with Gasteiger partial charge in [0.05, 0.1) is 16.0 Å². The highest BCUT2D eigenvalue weighted by molar-refractivity contribution is 9.10. The predicted octanol–water partition coefficient (Wildman–Crippen LogP) is 3.79. The van der Waals surface area contributed by atoms with Gasteiger partial charge in [0.15, 0.2) is 0 Å². The molecule has 0 saturated carbocycles. The first-order chi connectivity index (χ1) is 7.85. The van der Waals surface area contributed by atoms with Crippen molar-refractivity contribution in [3.05, 3.63) is 34.1 Å². The smallest absolute Gasteiger partial charge is 0.137 e. The summed E-state index contributed by atoms with van der Waals surface area (Å²) < 4.78 is 13.5. The first-order valence-electron chi connectivity index (χ1n) is 5.45. The average molecular weight is 299 g/mol. The van der Waals surface area contributed by atoms with E-state index in [1.807, 2.05) is 20.8 Å². The van der Waals surface area contributed by atoms with Gasteiger partial charge in [0.25, 0.3) is 0 Å². The highest BCUT2D eigenvalue weighted by Crippen LogP contribution is 2.22. The van der Waals surface area contributed by atoms with Gasteiger partial charge in [-0.15, -0.1) is 0 Å². The molecule has 0 heterocycles. The zero-order chi connectivity index (χ0) is 13.1. The van der Waals surface area contributed by atoms with E-state index in [1.165, 1.54) is 6.07 Å². The Kier molecular flexibility index (Phi) is 4.67. The third-order valence-electron chi connectivity index (χ3n) is 2.60. The molecule has 1 aromatic rings. The van der Waals surface area contributed by atoms with Gasteiger partial charge in [0, 0.05) is 12.6 Å². The Hall–Kier alpha value is -0.920. The lowest BCUT2D eigenvalue weighted by atomic mass is 9.95. The second kappa shape index (κ2) is 5.61. The van der Waals surface area contributed by atoms with Crippen LogP contribution in [0.2, 0.25) is 0 Å². The Morgan fingerprint density at radius 1 is 1.53 bits per heavy atom. The van der Waals surface area contributed by atoms with Crippen LogP contribution in [-0.4, -0.2) is 6.54 Å². The minimum atomic E-state index is -0.397. The lowest BCUT2D eigenvalue weighted by Gasteiger charge is -2.21. The van der Waals surface area contributed by atoms with Crippen LogP contribution in [-0.2, 0) is 0 Å². The van der Waals surface area contributed by atoms with Crippen LogP contribution in [0.3, 0.4) is 0 Å². The first kappa shape index (κ1) is 14.1. The molecular formula is C13H16BrFN2. The number of rotatable bonds is 4. The Morgan fingerprint density at radius 3 is 2.71 bits per heavy atom. The van der Waals surface area contributed by atoms with Crippen LogP contribution in [0.1, 0.15) is 32.4 Å². The van der Waals surface area contributed by atoms with Crippen molar-refractivity contribution >= 4 is 15.9 Å². The predicted molar refractivity (Wildman–Crippen MR) is 69.9 cm³/mol. The molecule has 0 aromatic heterocycles. The minimum Gasteiger partial charge on any atom is -0.309 e. The summed E-state index contributed by atoms with van der Waals surface area (Å²) in [5, 5.41) is 12.2. The van der Waals surface area contributed by atoms with Gasteiger partial charge in [-0.3, -0.25) is 0 Å². The summed E-state index contributed by atoms with van der Waals surface area (Å²) in [6.07, 6.45) is 0. The molecular weight excluding hydrogens is 283 g/mol. The van der Waals surface area contributed by atoms with Crippen molar-refractivity contribution in [1.29, 1.82) is 5.26 Å². The van der Waals surface area contributed by atoms with Gasteiger partial charge < -0.3 is 5.32 Å². The Labute approximate surface area is 110 Å². The summed E-state index contributed by atoms with van der Waals surface area (Å²) >= 11 is 3.16. The number of hydrogen-bond acceptors (Lipinski definition) is 2. The third kappa shape index (κ3) is 4.10. The monoisotopic (exact) mass is 298 g/mol. The van der Waals surface area contributed by atoms with E-state index < -0.39 is 5.41 Å². The second-order valence-electron chi connectivity index (χ2n) is 4.77. The summed E-state index contributed by atoms with van der Waals surface area (Å²) in [4.78, 5) is 0. The number of nitrogens with zero attached hydrogens (tertiary/aromatic N) is 1. The van der Waals surface area contributed by atoms with Crippen molar-refractivity contribution < 1.29 is 4.39 Å². The van der Waals surface area contributed by atoms with E-state index >= 15 is 0 Å². The topological polar surface area (TPSA) is 35.8 Å². The standard InChI is InChI=1S/C13H16BrFN2/c1-9(17-8-13(2,3)7-16)10-4-5-12(15)11(14)6-10/h4-6,9,17H,8H2,1-3H3. The fourth-order valence-corrected chi connectivity index (χ4v) is 1.74. The van der Waals surface area contributed by atoms with Crippen molar-refractivity contribution in [1.82, 2.24) is 5.32 Å². The molecule has 1 unspecified atom stereocenters. The summed E-state index contributed by atoms with van der Waals surface area (Å²) in [6, 6.07) is 7.26. The van der Waals surface area contributed by atoms with Crippen LogP contribution in [0, 0.1) is 22.6 Å². The van der Waals surface area contributed by atoms with Gasteiger partial charge >= 0.3 is 0 Å². The summed E-state index contributed by atoms with van der Waals surface area (Å²) in [6.45, 7) is 6.35. The molecule has 92 valence electrons. The van der Waals surface area contributed by atoms with E-state index in [-0.39, 0.29) is 11.9 Å². The van der Waals surface area contributed by atoms with Gasteiger partial charge in [-0.05, 0) is 54.4 Å². The number of halogens is 2. The van der Waals surface area contributed by atoms with Crippen LogP contribution >= 0.6 is 15.9 Å². The number of benzene rings is 1. The maximum Gasteiger partial charge on any atom is 0.137 e. The maximum atomic E-state index is 13.1. The summed E-state index contributed by atoms with van der Waals surface area (Å²) in [7, 11) is 0. The highest BCUT2D eigenvalue weighted by atomic mass is 79.9. The summed E-state index contributed by atoms with van der Waals surface area (Å²) in [5.74, 6) is -0.265. The molecule has 0 fully saturated rings. The molecule has 0 radical (unpaired) electrons. The second-order valence-corrected chi connectivity index (χ2v) is 5.63. The van der Waals surface area contributed by atoms with Crippen molar-refractivity contribution in [2.24, 2.45) is 5.41 Å². The molecule has 0 aliphatic rings. The normalized spacial score (nSPS) is 13.2. The summed E-state index contributed by atoms with van der Waals surface area (Å²) in [5.41, 5.74) is 0.595. The number of hydrogen-bond donors (Lipinski definition) is 1. The third-order valence-corrected chi connectivity index (χ3v) is 3.20. The van der Waals surface area contributed by atoms with Crippen LogP contribution < -0.4 is 5.32 Å². The van der Waals surface area contributed by atoms with Gasteiger partial charge in [-0.2, -0.15) is 5.26 Å². The van der Waals surface area contributed by atoms with E-state index in [1.54, 1.807) is 12.1 Å². The van der Waals surface area contributed by atoms with Crippen molar-refractivity contribution in [3.63, 3.8) is 0 Å². The lowest BCUT2D eigenvalue weighted by molar-refractivity contribution is 0.415. The minimum absolute atomic E-state index is 0.0829. The van der Waals surface area contributed by atoms with Crippen LogP contribution in [0.4, 0.5) is 4.39 Å². The molecule has 1 aromatic carbocycles. The Morgan fingerprint density at radius 2 is 2.18 bits per heavy atom. The molecule has 2 nitrogen and oxygen atoms in total. The molecule has 0 spiro atoms.